The van der Waals surface area contributed by atoms with E-state index in [0.717, 1.165) is 28.0 Å². The van der Waals surface area contributed by atoms with Gasteiger partial charge in [-0.3, -0.25) is 4.98 Å². The quantitative estimate of drug-likeness (QED) is 0.657. The van der Waals surface area contributed by atoms with Gasteiger partial charge in [0.2, 0.25) is 0 Å². The number of aromatic nitrogens is 1. The molecule has 0 aliphatic rings. The van der Waals surface area contributed by atoms with E-state index in [0.29, 0.717) is 11.5 Å². The number of fused-ring (bicyclic) bond motifs is 1. The van der Waals surface area contributed by atoms with Crippen LogP contribution in [0.3, 0.4) is 0 Å². The van der Waals surface area contributed by atoms with Gasteiger partial charge in [0.1, 0.15) is 11.5 Å². The maximum atomic E-state index is 6.16. The second-order valence-corrected chi connectivity index (χ2v) is 5.17. The molecule has 3 rings (SSSR count). The van der Waals surface area contributed by atoms with E-state index in [1.165, 1.54) is 0 Å². The fourth-order valence-corrected chi connectivity index (χ4v) is 2.55. The number of hydrogen-bond donors (Lipinski definition) is 0. The van der Waals surface area contributed by atoms with E-state index in [2.05, 4.69) is 4.98 Å². The lowest BCUT2D eigenvalue weighted by Crippen LogP contribution is -1.94. The number of benzene rings is 2. The molecule has 2 aromatic carbocycles. The monoisotopic (exact) mass is 321 g/mol. The first-order chi connectivity index (χ1) is 11.8. The number of allylic oxidation sites excluding steroid dienone is 1. The van der Waals surface area contributed by atoms with Gasteiger partial charge in [0, 0.05) is 23.2 Å². The topological polar surface area (TPSA) is 40.6 Å². The molecule has 1 aromatic heterocycles. The highest BCUT2D eigenvalue weighted by molar-refractivity contribution is 5.88. The van der Waals surface area contributed by atoms with Gasteiger partial charge in [-0.2, -0.15) is 0 Å². The number of nitrogens with zero attached hydrogens (tertiary/aromatic N) is 1. The first kappa shape index (κ1) is 15.9. The molecule has 0 bridgehead atoms. The molecule has 0 aliphatic heterocycles. The molecule has 4 heteroatoms. The normalized spacial score (nSPS) is 11.0. The summed E-state index contributed by atoms with van der Waals surface area (Å²) in [6.07, 6.45) is 5.73. The van der Waals surface area contributed by atoms with Gasteiger partial charge in [0.15, 0.2) is 11.5 Å². The highest BCUT2D eigenvalue weighted by atomic mass is 16.5. The van der Waals surface area contributed by atoms with Gasteiger partial charge in [0.25, 0.3) is 0 Å². The van der Waals surface area contributed by atoms with Crippen LogP contribution in [-0.2, 0) is 0 Å². The summed E-state index contributed by atoms with van der Waals surface area (Å²) in [6, 6.07) is 13.5. The molecule has 0 aliphatic carbocycles. The van der Waals surface area contributed by atoms with Gasteiger partial charge in [-0.05, 0) is 25.1 Å². The SMILES string of the molecule is C/C=C\c1ccccc1Oc1ccnc2cc(OC)c(OC)cc12. The lowest BCUT2D eigenvalue weighted by Gasteiger charge is -2.13. The minimum atomic E-state index is 0.643. The van der Waals surface area contributed by atoms with Crippen molar-refractivity contribution in [1.29, 1.82) is 0 Å². The molecule has 0 saturated heterocycles. The highest BCUT2D eigenvalue weighted by Crippen LogP contribution is 2.37. The van der Waals surface area contributed by atoms with Crippen molar-refractivity contribution in [1.82, 2.24) is 4.98 Å². The fourth-order valence-electron chi connectivity index (χ4n) is 2.55. The Balaban J connectivity index is 2.10. The molecule has 1 heterocycles. The molecule has 4 nitrogen and oxygen atoms in total. The van der Waals surface area contributed by atoms with Crippen LogP contribution in [0.5, 0.6) is 23.0 Å². The summed E-state index contributed by atoms with van der Waals surface area (Å²) < 4.78 is 16.9. The first-order valence-corrected chi connectivity index (χ1v) is 7.67. The van der Waals surface area contributed by atoms with E-state index in [9.17, 15) is 0 Å². The van der Waals surface area contributed by atoms with Crippen LogP contribution in [0.25, 0.3) is 17.0 Å². The predicted octanol–water partition coefficient (Wildman–Crippen LogP) is 5.08. The van der Waals surface area contributed by atoms with Crippen LogP contribution in [-0.4, -0.2) is 19.2 Å². The molecular formula is C20H19NO3. The van der Waals surface area contributed by atoms with Crippen molar-refractivity contribution in [3.8, 4) is 23.0 Å². The number of rotatable bonds is 5. The largest absolute Gasteiger partial charge is 0.493 e. The molecule has 0 spiro atoms. The molecule has 0 fully saturated rings. The van der Waals surface area contributed by atoms with E-state index in [4.69, 9.17) is 14.2 Å². The molecule has 24 heavy (non-hydrogen) atoms. The van der Waals surface area contributed by atoms with Crippen LogP contribution >= 0.6 is 0 Å². The molecule has 0 unspecified atom stereocenters. The number of pyridine rings is 1. The third-order valence-electron chi connectivity index (χ3n) is 3.69. The fraction of sp³-hybridized carbons (Fsp3) is 0.150. The Morgan fingerprint density at radius 1 is 0.875 bits per heavy atom. The van der Waals surface area contributed by atoms with E-state index < -0.39 is 0 Å². The van der Waals surface area contributed by atoms with Gasteiger partial charge >= 0.3 is 0 Å². The third kappa shape index (κ3) is 3.04. The predicted molar refractivity (Wildman–Crippen MR) is 96.1 cm³/mol. The minimum Gasteiger partial charge on any atom is -0.493 e. The Kier molecular flexibility index (Phi) is 4.66. The zero-order chi connectivity index (χ0) is 16.9. The average molecular weight is 321 g/mol. The van der Waals surface area contributed by atoms with Crippen molar-refractivity contribution >= 4 is 17.0 Å². The van der Waals surface area contributed by atoms with E-state index in [1.807, 2.05) is 61.5 Å². The number of para-hydroxylation sites is 1. The highest BCUT2D eigenvalue weighted by Gasteiger charge is 2.12. The summed E-state index contributed by atoms with van der Waals surface area (Å²) in [5.74, 6) is 2.80. The third-order valence-corrected chi connectivity index (χ3v) is 3.69. The van der Waals surface area contributed by atoms with E-state index in [-0.39, 0.29) is 0 Å². The first-order valence-electron chi connectivity index (χ1n) is 7.67. The van der Waals surface area contributed by atoms with Gasteiger partial charge in [-0.1, -0.05) is 30.4 Å². The maximum Gasteiger partial charge on any atom is 0.162 e. The van der Waals surface area contributed by atoms with Crippen LogP contribution in [0, 0.1) is 0 Å². The summed E-state index contributed by atoms with van der Waals surface area (Å²) in [7, 11) is 3.22. The van der Waals surface area contributed by atoms with E-state index >= 15 is 0 Å². The lowest BCUT2D eigenvalue weighted by molar-refractivity contribution is 0.355. The van der Waals surface area contributed by atoms with Gasteiger partial charge in [-0.15, -0.1) is 0 Å². The van der Waals surface area contributed by atoms with Crippen molar-refractivity contribution in [2.75, 3.05) is 14.2 Å². The van der Waals surface area contributed by atoms with Crippen LogP contribution < -0.4 is 14.2 Å². The zero-order valence-corrected chi connectivity index (χ0v) is 13.9. The summed E-state index contributed by atoms with van der Waals surface area (Å²) >= 11 is 0. The van der Waals surface area contributed by atoms with Crippen molar-refractivity contribution in [3.05, 3.63) is 60.3 Å². The second-order valence-electron chi connectivity index (χ2n) is 5.17. The summed E-state index contributed by atoms with van der Waals surface area (Å²) in [5.41, 5.74) is 1.80. The Morgan fingerprint density at radius 3 is 2.38 bits per heavy atom. The average Bonchev–Trinajstić information content (AvgIpc) is 2.62. The van der Waals surface area contributed by atoms with Crippen LogP contribution in [0.2, 0.25) is 0 Å². The summed E-state index contributed by atoms with van der Waals surface area (Å²) in [4.78, 5) is 4.40. The molecule has 122 valence electrons. The van der Waals surface area contributed by atoms with Crippen molar-refractivity contribution in [3.63, 3.8) is 0 Å². The second kappa shape index (κ2) is 7.04. The number of ether oxygens (including phenoxy) is 3. The maximum absolute atomic E-state index is 6.16. The Hall–Kier alpha value is -3.01. The Morgan fingerprint density at radius 2 is 1.62 bits per heavy atom. The molecular weight excluding hydrogens is 302 g/mol. The van der Waals surface area contributed by atoms with Crippen LogP contribution in [0.1, 0.15) is 12.5 Å². The van der Waals surface area contributed by atoms with Crippen molar-refractivity contribution in [2.24, 2.45) is 0 Å². The van der Waals surface area contributed by atoms with Crippen molar-refractivity contribution < 1.29 is 14.2 Å². The molecule has 0 radical (unpaired) electrons. The smallest absolute Gasteiger partial charge is 0.162 e. The Bertz CT molecular complexity index is 887. The lowest BCUT2D eigenvalue weighted by atomic mass is 10.1. The number of hydrogen-bond acceptors (Lipinski definition) is 4. The van der Waals surface area contributed by atoms with E-state index in [1.54, 1.807) is 20.4 Å². The van der Waals surface area contributed by atoms with Crippen LogP contribution in [0.4, 0.5) is 0 Å². The molecule has 3 aromatic rings. The minimum absolute atomic E-state index is 0.643. The van der Waals surface area contributed by atoms with Crippen molar-refractivity contribution in [2.45, 2.75) is 6.92 Å². The standard InChI is InChI=1S/C20H19NO3/c1-4-7-14-8-5-6-9-17(14)24-18-10-11-21-16-13-20(23-3)19(22-2)12-15(16)18/h4-13H,1-3H3/b7-4-. The molecule has 0 atom stereocenters. The number of methoxy groups -OCH3 is 2. The van der Waals surface area contributed by atoms with Gasteiger partial charge in [-0.25, -0.2) is 0 Å². The molecule has 0 saturated carbocycles. The van der Waals surface area contributed by atoms with Gasteiger partial charge < -0.3 is 14.2 Å². The van der Waals surface area contributed by atoms with Crippen LogP contribution in [0.15, 0.2) is 54.7 Å². The van der Waals surface area contributed by atoms with Gasteiger partial charge in [0.05, 0.1) is 19.7 Å². The zero-order valence-electron chi connectivity index (χ0n) is 13.9. The summed E-state index contributed by atoms with van der Waals surface area (Å²) in [6.45, 7) is 1.98. The summed E-state index contributed by atoms with van der Waals surface area (Å²) in [5, 5.41) is 0.866. The molecule has 0 amide bonds. The molecule has 0 N–H and O–H groups in total. The Labute approximate surface area is 141 Å².